The molecule has 9 heteroatoms. The summed E-state index contributed by atoms with van der Waals surface area (Å²) in [5.41, 5.74) is 1.32. The highest BCUT2D eigenvalue weighted by molar-refractivity contribution is 6.01. The number of fused-ring (bicyclic) bond motifs is 1. The van der Waals surface area contributed by atoms with Crippen LogP contribution in [0.2, 0.25) is 0 Å². The lowest BCUT2D eigenvalue weighted by molar-refractivity contribution is -0.138. The normalized spacial score (nSPS) is 25.3. The molecule has 2 fully saturated rings. The van der Waals surface area contributed by atoms with Crippen LogP contribution < -0.4 is 5.32 Å². The van der Waals surface area contributed by atoms with Gasteiger partial charge in [0.15, 0.2) is 0 Å². The van der Waals surface area contributed by atoms with Gasteiger partial charge in [0.1, 0.15) is 0 Å². The number of hydrogen-bond donors (Lipinski definition) is 2. The summed E-state index contributed by atoms with van der Waals surface area (Å²) in [6.07, 6.45) is -1.02. The number of halogens is 3. The molecule has 0 saturated carbocycles. The molecular weight excluding hydrogens is 483 g/mol. The molecule has 6 nitrogen and oxygen atoms in total. The maximum Gasteiger partial charge on any atom is 0.416 e. The first-order chi connectivity index (χ1) is 17.5. The van der Waals surface area contributed by atoms with Crippen molar-refractivity contribution in [3.8, 4) is 0 Å². The minimum atomic E-state index is -4.36. The Hall–Kier alpha value is -3.30. The van der Waals surface area contributed by atoms with Crippen LogP contribution in [0, 0.1) is 0 Å². The molecule has 37 heavy (non-hydrogen) atoms. The molecule has 2 aromatic carbocycles. The number of benzene rings is 2. The smallest absolute Gasteiger partial charge is 0.385 e. The summed E-state index contributed by atoms with van der Waals surface area (Å²) in [4.78, 5) is 30.5. The number of aromatic nitrogens is 1. The number of nitrogens with one attached hydrogen (secondary N) is 1. The number of pyridine rings is 1. The summed E-state index contributed by atoms with van der Waals surface area (Å²) in [5.74, 6) is -1.02. The third kappa shape index (κ3) is 5.24. The number of carbonyl (C=O) groups is 2. The van der Waals surface area contributed by atoms with Gasteiger partial charge >= 0.3 is 6.18 Å². The van der Waals surface area contributed by atoms with Gasteiger partial charge in [-0.3, -0.25) is 24.8 Å². The van der Waals surface area contributed by atoms with E-state index in [-0.39, 0.29) is 24.3 Å². The van der Waals surface area contributed by atoms with Crippen LogP contribution in [0.4, 0.5) is 13.2 Å². The lowest BCUT2D eigenvalue weighted by Crippen LogP contribution is -2.47. The Labute approximate surface area is 212 Å². The highest BCUT2D eigenvalue weighted by atomic mass is 19.4. The molecule has 2 aliphatic heterocycles. The van der Waals surface area contributed by atoms with E-state index in [0.29, 0.717) is 32.4 Å². The molecule has 0 aliphatic carbocycles. The quantitative estimate of drug-likeness (QED) is 0.499. The van der Waals surface area contributed by atoms with Crippen molar-refractivity contribution in [3.05, 3.63) is 77.0 Å². The molecule has 2 aliphatic rings. The monoisotopic (exact) mass is 511 g/mol. The van der Waals surface area contributed by atoms with E-state index < -0.39 is 23.3 Å². The zero-order valence-corrected chi connectivity index (χ0v) is 20.4. The number of aliphatic hydroxyl groups is 1. The molecule has 0 spiro atoms. The van der Waals surface area contributed by atoms with Crippen LogP contribution in [-0.2, 0) is 27.9 Å². The van der Waals surface area contributed by atoms with E-state index in [4.69, 9.17) is 0 Å². The Bertz CT molecular complexity index is 1340. The van der Waals surface area contributed by atoms with Crippen molar-refractivity contribution < 1.29 is 27.9 Å². The fourth-order valence-corrected chi connectivity index (χ4v) is 5.44. The fraction of sp³-hybridized carbons (Fsp3) is 0.393. The van der Waals surface area contributed by atoms with Crippen molar-refractivity contribution in [3.63, 3.8) is 0 Å². The Morgan fingerprint density at radius 1 is 1.14 bits per heavy atom. The predicted octanol–water partition coefficient (Wildman–Crippen LogP) is 4.65. The molecule has 5 rings (SSSR count). The molecule has 3 heterocycles. The number of nitrogens with zero attached hydrogens (tertiary/aromatic N) is 2. The molecule has 194 valence electrons. The summed E-state index contributed by atoms with van der Waals surface area (Å²) in [6, 6.07) is 12.8. The average Bonchev–Trinajstić information content (AvgIpc) is 2.85. The maximum atomic E-state index is 12.9. The molecule has 1 aromatic heterocycles. The second-order valence-electron chi connectivity index (χ2n) is 10.2. The third-order valence-corrected chi connectivity index (χ3v) is 7.62. The van der Waals surface area contributed by atoms with Crippen molar-refractivity contribution in [1.82, 2.24) is 15.2 Å². The van der Waals surface area contributed by atoms with Crippen LogP contribution in [0.5, 0.6) is 0 Å². The first-order valence-corrected chi connectivity index (χ1v) is 12.4. The summed E-state index contributed by atoms with van der Waals surface area (Å²) >= 11 is 0. The van der Waals surface area contributed by atoms with Gasteiger partial charge in [0.2, 0.25) is 11.8 Å². The standard InChI is InChI=1S/C28H28F3N3O3/c1-17-14-27(37,10-11-34(17)16-18-2-4-21(5-3-18)28(29,30)31)22-6-8-24-19(13-22)12-20(15-32-24)23-7-9-25(35)33-26(23)36/h2-6,8,12-13,15,17,23,37H,7,9-11,14,16H2,1H3,(H,33,35,36)/t17-,23?,27-/m1/s1. The minimum Gasteiger partial charge on any atom is -0.385 e. The van der Waals surface area contributed by atoms with Crippen LogP contribution in [0.1, 0.15) is 60.8 Å². The average molecular weight is 512 g/mol. The van der Waals surface area contributed by atoms with Gasteiger partial charge in [0.25, 0.3) is 0 Å². The number of alkyl halides is 3. The molecule has 0 bridgehead atoms. The zero-order valence-electron chi connectivity index (χ0n) is 20.4. The summed E-state index contributed by atoms with van der Waals surface area (Å²) in [5, 5.41) is 14.8. The molecule has 1 unspecified atom stereocenters. The lowest BCUT2D eigenvalue weighted by Gasteiger charge is -2.43. The molecule has 2 N–H and O–H groups in total. The second-order valence-corrected chi connectivity index (χ2v) is 10.2. The maximum absolute atomic E-state index is 12.9. The third-order valence-electron chi connectivity index (χ3n) is 7.62. The predicted molar refractivity (Wildman–Crippen MR) is 131 cm³/mol. The van der Waals surface area contributed by atoms with Gasteiger partial charge < -0.3 is 5.11 Å². The number of hydrogen-bond acceptors (Lipinski definition) is 5. The highest BCUT2D eigenvalue weighted by Gasteiger charge is 2.38. The van der Waals surface area contributed by atoms with E-state index in [1.54, 1.807) is 6.20 Å². The molecule has 0 radical (unpaired) electrons. The van der Waals surface area contributed by atoms with E-state index in [9.17, 15) is 27.9 Å². The van der Waals surface area contributed by atoms with Gasteiger partial charge in [0, 0.05) is 37.1 Å². The Morgan fingerprint density at radius 3 is 2.57 bits per heavy atom. The van der Waals surface area contributed by atoms with Gasteiger partial charge in [-0.25, -0.2) is 0 Å². The van der Waals surface area contributed by atoms with Crippen molar-refractivity contribution in [2.24, 2.45) is 0 Å². The SMILES string of the molecule is C[C@@H]1C[C@@](O)(c2ccc3ncc(C4CCC(=O)NC4=O)cc3c2)CCN1Cc1ccc(C(F)(F)F)cc1. The van der Waals surface area contributed by atoms with E-state index in [1.165, 1.54) is 12.1 Å². The highest BCUT2D eigenvalue weighted by Crippen LogP contribution is 2.38. The first kappa shape index (κ1) is 25.4. The number of likely N-dealkylation sites (tertiary alicyclic amines) is 1. The molecule has 3 atom stereocenters. The number of imide groups is 1. The van der Waals surface area contributed by atoms with Crippen molar-refractivity contribution in [2.45, 2.75) is 62.9 Å². The van der Waals surface area contributed by atoms with Gasteiger partial charge in [-0.15, -0.1) is 0 Å². The molecule has 2 saturated heterocycles. The topological polar surface area (TPSA) is 82.5 Å². The van der Waals surface area contributed by atoms with Crippen LogP contribution >= 0.6 is 0 Å². The summed E-state index contributed by atoms with van der Waals surface area (Å²) in [6.45, 7) is 3.11. The minimum absolute atomic E-state index is 0.00432. The van der Waals surface area contributed by atoms with Crippen molar-refractivity contribution in [2.75, 3.05) is 6.54 Å². The van der Waals surface area contributed by atoms with E-state index in [2.05, 4.69) is 15.2 Å². The van der Waals surface area contributed by atoms with E-state index in [1.807, 2.05) is 31.2 Å². The van der Waals surface area contributed by atoms with Crippen LogP contribution in [0.15, 0.2) is 54.7 Å². The number of carbonyl (C=O) groups excluding carboxylic acids is 2. The van der Waals surface area contributed by atoms with Gasteiger partial charge in [-0.2, -0.15) is 13.2 Å². The summed E-state index contributed by atoms with van der Waals surface area (Å²) in [7, 11) is 0. The fourth-order valence-electron chi connectivity index (χ4n) is 5.44. The Balaban J connectivity index is 1.31. The van der Waals surface area contributed by atoms with E-state index in [0.717, 1.165) is 39.7 Å². The molecule has 2 amide bonds. The number of piperidine rings is 2. The van der Waals surface area contributed by atoms with Gasteiger partial charge in [-0.1, -0.05) is 18.2 Å². The lowest BCUT2D eigenvalue weighted by atomic mass is 9.80. The zero-order chi connectivity index (χ0) is 26.4. The Kier molecular flexibility index (Phi) is 6.53. The van der Waals surface area contributed by atoms with Crippen molar-refractivity contribution >= 4 is 22.7 Å². The summed E-state index contributed by atoms with van der Waals surface area (Å²) < 4.78 is 38.6. The van der Waals surface area contributed by atoms with Gasteiger partial charge in [0.05, 0.1) is 22.6 Å². The van der Waals surface area contributed by atoms with E-state index >= 15 is 0 Å². The number of amides is 2. The Morgan fingerprint density at radius 2 is 1.89 bits per heavy atom. The molecular formula is C28H28F3N3O3. The van der Waals surface area contributed by atoms with Crippen molar-refractivity contribution in [1.29, 1.82) is 0 Å². The first-order valence-electron chi connectivity index (χ1n) is 12.4. The van der Waals surface area contributed by atoms with Crippen LogP contribution in [0.25, 0.3) is 10.9 Å². The van der Waals surface area contributed by atoms with Crippen LogP contribution in [-0.4, -0.2) is 39.4 Å². The molecule has 3 aromatic rings. The second kappa shape index (κ2) is 9.54. The van der Waals surface area contributed by atoms with Gasteiger partial charge in [-0.05, 0) is 73.2 Å². The van der Waals surface area contributed by atoms with Crippen LogP contribution in [0.3, 0.4) is 0 Å². The largest absolute Gasteiger partial charge is 0.416 e. The number of rotatable bonds is 4.